The summed E-state index contributed by atoms with van der Waals surface area (Å²) < 4.78 is 0. The van der Waals surface area contributed by atoms with Gasteiger partial charge in [-0.05, 0) is 31.2 Å². The van der Waals surface area contributed by atoms with Crippen molar-refractivity contribution in [2.45, 2.75) is 6.92 Å². The highest BCUT2D eigenvalue weighted by Crippen LogP contribution is 2.38. The van der Waals surface area contributed by atoms with E-state index in [4.69, 9.17) is 34.8 Å². The fourth-order valence-corrected chi connectivity index (χ4v) is 3.02. The lowest BCUT2D eigenvalue weighted by molar-refractivity contribution is 0.102. The van der Waals surface area contributed by atoms with Gasteiger partial charge in [0.25, 0.3) is 0 Å². The smallest absolute Gasteiger partial charge is 0.169 e. The molecular formula is C12H7Cl3OS. The maximum atomic E-state index is 11.2. The number of hydrogen-bond donors (Lipinski definition) is 0. The highest BCUT2D eigenvalue weighted by molar-refractivity contribution is 7.17. The quantitative estimate of drug-likeness (QED) is 0.523. The Morgan fingerprint density at radius 3 is 2.29 bits per heavy atom. The third-order valence-corrected chi connectivity index (χ3v) is 4.48. The molecule has 1 aromatic carbocycles. The summed E-state index contributed by atoms with van der Waals surface area (Å²) in [6.07, 6.45) is 0. The van der Waals surface area contributed by atoms with E-state index in [1.165, 1.54) is 18.3 Å². The predicted molar refractivity (Wildman–Crippen MR) is 74.8 cm³/mol. The van der Waals surface area contributed by atoms with Crippen LogP contribution < -0.4 is 0 Å². The molecule has 2 rings (SSSR count). The second kappa shape index (κ2) is 4.99. The van der Waals surface area contributed by atoms with Crippen molar-refractivity contribution >= 4 is 51.9 Å². The molecule has 0 unspecified atom stereocenters. The van der Waals surface area contributed by atoms with Gasteiger partial charge in [0.15, 0.2) is 5.78 Å². The van der Waals surface area contributed by atoms with E-state index in [1.807, 2.05) is 6.07 Å². The van der Waals surface area contributed by atoms with Crippen molar-refractivity contribution in [2.24, 2.45) is 0 Å². The summed E-state index contributed by atoms with van der Waals surface area (Å²) in [4.78, 5) is 12.8. The van der Waals surface area contributed by atoms with E-state index >= 15 is 0 Å². The Hall–Kier alpha value is -0.540. The van der Waals surface area contributed by atoms with E-state index in [1.54, 1.807) is 18.2 Å². The molecule has 88 valence electrons. The summed E-state index contributed by atoms with van der Waals surface area (Å²) >= 11 is 19.3. The molecule has 0 atom stereocenters. The molecular weight excluding hydrogens is 299 g/mol. The molecule has 5 heteroatoms. The zero-order chi connectivity index (χ0) is 12.6. The van der Waals surface area contributed by atoms with E-state index in [0.29, 0.717) is 19.9 Å². The second-order valence-corrected chi connectivity index (χ2v) is 5.77. The van der Waals surface area contributed by atoms with Gasteiger partial charge in [-0.3, -0.25) is 4.79 Å². The van der Waals surface area contributed by atoms with Crippen LogP contribution in [-0.2, 0) is 0 Å². The van der Waals surface area contributed by atoms with Gasteiger partial charge in [0.2, 0.25) is 0 Å². The fraction of sp³-hybridized carbons (Fsp3) is 0.0833. The molecule has 0 bridgehead atoms. The molecule has 2 aromatic rings. The van der Waals surface area contributed by atoms with Gasteiger partial charge in [-0.1, -0.05) is 34.8 Å². The first-order valence-electron chi connectivity index (χ1n) is 4.74. The number of ketones is 1. The van der Waals surface area contributed by atoms with Crippen LogP contribution in [0.1, 0.15) is 16.6 Å². The van der Waals surface area contributed by atoms with Crippen molar-refractivity contribution in [3.05, 3.63) is 44.2 Å². The topological polar surface area (TPSA) is 17.1 Å². The third-order valence-electron chi connectivity index (χ3n) is 2.23. The Labute approximate surface area is 118 Å². The lowest BCUT2D eigenvalue weighted by atomic mass is 10.2. The molecule has 1 heterocycles. The molecule has 0 aliphatic carbocycles. The van der Waals surface area contributed by atoms with Crippen LogP contribution in [0.4, 0.5) is 0 Å². The Morgan fingerprint density at radius 1 is 1.06 bits per heavy atom. The van der Waals surface area contributed by atoms with Gasteiger partial charge < -0.3 is 0 Å². The number of hydrogen-bond acceptors (Lipinski definition) is 2. The van der Waals surface area contributed by atoms with Crippen molar-refractivity contribution in [3.8, 4) is 10.4 Å². The third kappa shape index (κ3) is 2.66. The molecule has 0 spiro atoms. The maximum absolute atomic E-state index is 11.2. The minimum absolute atomic E-state index is 0.0393. The summed E-state index contributed by atoms with van der Waals surface area (Å²) in [5.74, 6) is 0.0393. The monoisotopic (exact) mass is 304 g/mol. The second-order valence-electron chi connectivity index (χ2n) is 3.47. The Bertz CT molecular complexity index is 589. The van der Waals surface area contributed by atoms with E-state index in [9.17, 15) is 4.79 Å². The van der Waals surface area contributed by atoms with E-state index in [2.05, 4.69) is 0 Å². The molecule has 0 amide bonds. The molecule has 17 heavy (non-hydrogen) atoms. The van der Waals surface area contributed by atoms with Crippen LogP contribution >= 0.6 is 46.1 Å². The SMILES string of the molecule is CC(=O)c1ccc(-c2cc(Cl)c(Cl)cc2Cl)s1. The lowest BCUT2D eigenvalue weighted by Crippen LogP contribution is -1.83. The number of rotatable bonds is 2. The number of benzene rings is 1. The standard InChI is InChI=1S/C12H7Cl3OS/c1-6(16)11-2-3-12(17-11)7-4-9(14)10(15)5-8(7)13/h2-5H,1H3. The summed E-state index contributed by atoms with van der Waals surface area (Å²) in [7, 11) is 0. The highest BCUT2D eigenvalue weighted by Gasteiger charge is 2.11. The largest absolute Gasteiger partial charge is 0.294 e. The molecule has 0 radical (unpaired) electrons. The minimum atomic E-state index is 0.0393. The van der Waals surface area contributed by atoms with E-state index < -0.39 is 0 Å². The average molecular weight is 306 g/mol. The van der Waals surface area contributed by atoms with Crippen LogP contribution in [0.15, 0.2) is 24.3 Å². The average Bonchev–Trinajstić information content (AvgIpc) is 2.72. The van der Waals surface area contributed by atoms with E-state index in [0.717, 1.165) is 10.4 Å². The molecule has 0 aliphatic heterocycles. The molecule has 1 aromatic heterocycles. The Kier molecular flexibility index (Phi) is 3.79. The summed E-state index contributed by atoms with van der Waals surface area (Å²) in [6.45, 7) is 1.53. The van der Waals surface area contributed by atoms with Crippen molar-refractivity contribution in [1.29, 1.82) is 0 Å². The van der Waals surface area contributed by atoms with Gasteiger partial charge >= 0.3 is 0 Å². The zero-order valence-electron chi connectivity index (χ0n) is 8.76. The van der Waals surface area contributed by atoms with Crippen molar-refractivity contribution < 1.29 is 4.79 Å². The maximum Gasteiger partial charge on any atom is 0.169 e. The molecule has 0 saturated heterocycles. The van der Waals surface area contributed by atoms with Crippen LogP contribution in [0.2, 0.25) is 15.1 Å². The van der Waals surface area contributed by atoms with Gasteiger partial charge in [0.05, 0.1) is 19.9 Å². The minimum Gasteiger partial charge on any atom is -0.294 e. The normalized spacial score (nSPS) is 10.6. The summed E-state index contributed by atoms with van der Waals surface area (Å²) in [5, 5.41) is 1.39. The molecule has 0 N–H and O–H groups in total. The van der Waals surface area contributed by atoms with Crippen molar-refractivity contribution in [2.75, 3.05) is 0 Å². The first kappa shape index (κ1) is 12.9. The number of halogens is 3. The van der Waals surface area contributed by atoms with Crippen LogP contribution in [0.25, 0.3) is 10.4 Å². The van der Waals surface area contributed by atoms with Crippen LogP contribution in [-0.4, -0.2) is 5.78 Å². The number of thiophene rings is 1. The first-order chi connectivity index (χ1) is 7.99. The predicted octanol–water partition coefficient (Wildman–Crippen LogP) is 5.58. The summed E-state index contributed by atoms with van der Waals surface area (Å²) in [5.41, 5.74) is 0.790. The molecule has 0 saturated carbocycles. The van der Waals surface area contributed by atoms with Crippen LogP contribution in [0.5, 0.6) is 0 Å². The zero-order valence-corrected chi connectivity index (χ0v) is 11.8. The number of Topliss-reactive ketones (excluding diaryl/α,β-unsaturated/α-hetero) is 1. The van der Waals surface area contributed by atoms with Crippen LogP contribution in [0.3, 0.4) is 0 Å². The fourth-order valence-electron chi connectivity index (χ4n) is 1.38. The van der Waals surface area contributed by atoms with Gasteiger partial charge in [0.1, 0.15) is 0 Å². The summed E-state index contributed by atoms with van der Waals surface area (Å²) in [6, 6.07) is 6.95. The number of carbonyl (C=O) groups is 1. The molecule has 0 fully saturated rings. The van der Waals surface area contributed by atoms with E-state index in [-0.39, 0.29) is 5.78 Å². The lowest BCUT2D eigenvalue weighted by Gasteiger charge is -2.03. The van der Waals surface area contributed by atoms with Crippen molar-refractivity contribution in [3.63, 3.8) is 0 Å². The van der Waals surface area contributed by atoms with Crippen LogP contribution in [0, 0.1) is 0 Å². The van der Waals surface area contributed by atoms with Gasteiger partial charge in [-0.15, -0.1) is 11.3 Å². The number of carbonyl (C=O) groups excluding carboxylic acids is 1. The first-order valence-corrected chi connectivity index (χ1v) is 6.70. The van der Waals surface area contributed by atoms with Gasteiger partial charge in [-0.25, -0.2) is 0 Å². The van der Waals surface area contributed by atoms with Gasteiger partial charge in [-0.2, -0.15) is 0 Å². The highest BCUT2D eigenvalue weighted by atomic mass is 35.5. The Balaban J connectivity index is 2.52. The van der Waals surface area contributed by atoms with Crippen molar-refractivity contribution in [1.82, 2.24) is 0 Å². The molecule has 0 aliphatic rings. The Morgan fingerprint density at radius 2 is 1.71 bits per heavy atom. The molecule has 1 nitrogen and oxygen atoms in total. The van der Waals surface area contributed by atoms with Gasteiger partial charge in [0, 0.05) is 10.4 Å².